The molecule has 0 spiro atoms. The number of aromatic amines is 1. The summed E-state index contributed by atoms with van der Waals surface area (Å²) >= 11 is 1.31. The summed E-state index contributed by atoms with van der Waals surface area (Å²) in [5.74, 6) is 0.0354. The summed E-state index contributed by atoms with van der Waals surface area (Å²) in [5, 5.41) is 10.3. The van der Waals surface area contributed by atoms with Crippen molar-refractivity contribution in [2.75, 3.05) is 11.1 Å². The highest BCUT2D eigenvalue weighted by Gasteiger charge is 2.16. The van der Waals surface area contributed by atoms with Gasteiger partial charge in [-0.1, -0.05) is 12.1 Å². The van der Waals surface area contributed by atoms with Crippen LogP contribution in [-0.2, 0) is 0 Å². The van der Waals surface area contributed by atoms with Gasteiger partial charge in [-0.2, -0.15) is 5.10 Å². The van der Waals surface area contributed by atoms with Crippen LogP contribution in [0.15, 0.2) is 30.3 Å². The third kappa shape index (κ3) is 2.38. The molecule has 1 amide bonds. The number of anilines is 2. The Kier molecular flexibility index (Phi) is 3.19. The van der Waals surface area contributed by atoms with Crippen LogP contribution in [0.4, 0.5) is 11.5 Å². The number of carbonyl (C=O) groups excluding carboxylic acids is 2. The molecule has 0 fully saturated rings. The Morgan fingerprint density at radius 2 is 2.10 bits per heavy atom. The van der Waals surface area contributed by atoms with Crippen LogP contribution in [0.5, 0.6) is 0 Å². The molecule has 0 unspecified atom stereocenters. The van der Waals surface area contributed by atoms with Crippen molar-refractivity contribution in [1.82, 2.24) is 10.2 Å². The molecule has 3 rings (SSSR count). The van der Waals surface area contributed by atoms with E-state index < -0.39 is 0 Å². The smallest absolute Gasteiger partial charge is 0.258 e. The number of aromatic nitrogens is 2. The van der Waals surface area contributed by atoms with Crippen molar-refractivity contribution in [2.24, 2.45) is 0 Å². The fraction of sp³-hybridized carbons (Fsp3) is 0.0714. The SMILES string of the molecule is CC(=O)c1cc2c(NC(=O)c3ccccc3N)n[nH]c2s1. The lowest BCUT2D eigenvalue weighted by Crippen LogP contribution is -2.14. The number of rotatable bonds is 3. The van der Waals surface area contributed by atoms with Gasteiger partial charge < -0.3 is 11.1 Å². The predicted molar refractivity (Wildman–Crippen MR) is 82.8 cm³/mol. The normalized spacial score (nSPS) is 10.7. The van der Waals surface area contributed by atoms with Crippen molar-refractivity contribution >= 4 is 44.7 Å². The molecule has 106 valence electrons. The van der Waals surface area contributed by atoms with E-state index in [1.165, 1.54) is 18.3 Å². The van der Waals surface area contributed by atoms with Gasteiger partial charge in [-0.15, -0.1) is 11.3 Å². The molecule has 2 heterocycles. The Bertz CT molecular complexity index is 850. The molecule has 21 heavy (non-hydrogen) atoms. The number of H-pyrrole nitrogens is 1. The molecule has 2 aromatic heterocycles. The van der Waals surface area contributed by atoms with Crippen molar-refractivity contribution in [3.05, 3.63) is 40.8 Å². The number of benzene rings is 1. The number of amides is 1. The minimum Gasteiger partial charge on any atom is -0.398 e. The molecular weight excluding hydrogens is 288 g/mol. The van der Waals surface area contributed by atoms with E-state index in [2.05, 4.69) is 15.5 Å². The van der Waals surface area contributed by atoms with Gasteiger partial charge >= 0.3 is 0 Å². The molecule has 3 aromatic rings. The number of ketones is 1. The Balaban J connectivity index is 1.93. The van der Waals surface area contributed by atoms with Gasteiger partial charge in [0.05, 0.1) is 15.8 Å². The third-order valence-corrected chi connectivity index (χ3v) is 4.18. The van der Waals surface area contributed by atoms with Crippen LogP contribution in [-0.4, -0.2) is 21.9 Å². The lowest BCUT2D eigenvalue weighted by Gasteiger charge is -2.04. The van der Waals surface area contributed by atoms with Gasteiger partial charge in [0.1, 0.15) is 4.83 Å². The van der Waals surface area contributed by atoms with Crippen molar-refractivity contribution in [3.8, 4) is 0 Å². The van der Waals surface area contributed by atoms with Crippen LogP contribution in [0, 0.1) is 0 Å². The minimum absolute atomic E-state index is 0.0193. The van der Waals surface area contributed by atoms with Crippen LogP contribution in [0.2, 0.25) is 0 Å². The fourth-order valence-corrected chi connectivity index (χ4v) is 2.86. The molecule has 4 N–H and O–H groups in total. The van der Waals surface area contributed by atoms with Crippen LogP contribution in [0.3, 0.4) is 0 Å². The summed E-state index contributed by atoms with van der Waals surface area (Å²) in [4.78, 5) is 25.0. The van der Waals surface area contributed by atoms with E-state index in [-0.39, 0.29) is 11.7 Å². The van der Waals surface area contributed by atoms with E-state index in [1.807, 2.05) is 0 Å². The van der Waals surface area contributed by atoms with E-state index in [9.17, 15) is 9.59 Å². The summed E-state index contributed by atoms with van der Waals surface area (Å²) in [6, 6.07) is 8.52. The highest BCUT2D eigenvalue weighted by Crippen LogP contribution is 2.29. The van der Waals surface area contributed by atoms with Crippen molar-refractivity contribution in [2.45, 2.75) is 6.92 Å². The van der Waals surface area contributed by atoms with Gasteiger partial charge in [0.25, 0.3) is 5.91 Å². The number of fused-ring (bicyclic) bond motifs is 1. The molecule has 0 aliphatic rings. The maximum atomic E-state index is 12.2. The Morgan fingerprint density at radius 1 is 1.33 bits per heavy atom. The second-order valence-corrected chi connectivity index (χ2v) is 5.58. The zero-order valence-electron chi connectivity index (χ0n) is 11.1. The Labute approximate surface area is 124 Å². The summed E-state index contributed by atoms with van der Waals surface area (Å²) in [7, 11) is 0. The van der Waals surface area contributed by atoms with E-state index in [1.54, 1.807) is 30.3 Å². The molecule has 0 saturated carbocycles. The maximum Gasteiger partial charge on any atom is 0.258 e. The second-order valence-electron chi connectivity index (χ2n) is 4.52. The molecule has 6 nitrogen and oxygen atoms in total. The van der Waals surface area contributed by atoms with E-state index >= 15 is 0 Å². The van der Waals surface area contributed by atoms with Crippen LogP contribution < -0.4 is 11.1 Å². The highest BCUT2D eigenvalue weighted by molar-refractivity contribution is 7.20. The number of thiophene rings is 1. The summed E-state index contributed by atoms with van der Waals surface area (Å²) in [6.07, 6.45) is 0. The maximum absolute atomic E-state index is 12.2. The van der Waals surface area contributed by atoms with Gasteiger partial charge in [-0.3, -0.25) is 14.7 Å². The monoisotopic (exact) mass is 300 g/mol. The highest BCUT2D eigenvalue weighted by atomic mass is 32.1. The second kappa shape index (κ2) is 5.02. The van der Waals surface area contributed by atoms with E-state index in [0.29, 0.717) is 27.3 Å². The standard InChI is InChI=1S/C14H12N4O2S/c1-7(19)11-6-9-12(17-18-14(9)21-11)16-13(20)8-4-2-3-5-10(8)15/h2-6H,15H2,1H3,(H2,16,17,18,20). The van der Waals surface area contributed by atoms with Gasteiger partial charge in [-0.05, 0) is 25.1 Å². The minimum atomic E-state index is -0.336. The lowest BCUT2D eigenvalue weighted by molar-refractivity contribution is 0.101. The average Bonchev–Trinajstić information content (AvgIpc) is 3.01. The Morgan fingerprint density at radius 3 is 2.81 bits per heavy atom. The number of hydrogen-bond donors (Lipinski definition) is 3. The topological polar surface area (TPSA) is 101 Å². The number of para-hydroxylation sites is 1. The average molecular weight is 300 g/mol. The van der Waals surface area contributed by atoms with Crippen molar-refractivity contribution < 1.29 is 9.59 Å². The van der Waals surface area contributed by atoms with Gasteiger partial charge in [0, 0.05) is 5.69 Å². The predicted octanol–water partition coefficient (Wildman–Crippen LogP) is 2.66. The molecule has 0 atom stereocenters. The molecule has 0 radical (unpaired) electrons. The van der Waals surface area contributed by atoms with Crippen LogP contribution >= 0.6 is 11.3 Å². The zero-order chi connectivity index (χ0) is 15.0. The number of nitrogens with zero attached hydrogens (tertiary/aromatic N) is 1. The first kappa shape index (κ1) is 13.3. The molecule has 0 bridgehead atoms. The molecule has 0 aliphatic carbocycles. The number of carbonyl (C=O) groups is 2. The molecular formula is C14H12N4O2S. The molecule has 0 aliphatic heterocycles. The number of Topliss-reactive ketones (excluding diaryl/α,β-unsaturated/α-hetero) is 1. The fourth-order valence-electron chi connectivity index (χ4n) is 1.96. The van der Waals surface area contributed by atoms with Gasteiger partial charge in [0.15, 0.2) is 11.6 Å². The first-order chi connectivity index (χ1) is 10.1. The molecule has 7 heteroatoms. The zero-order valence-corrected chi connectivity index (χ0v) is 12.0. The quantitative estimate of drug-likeness (QED) is 0.511. The number of nitrogen functional groups attached to an aromatic ring is 1. The van der Waals surface area contributed by atoms with Crippen LogP contribution in [0.25, 0.3) is 10.2 Å². The summed E-state index contributed by atoms with van der Waals surface area (Å²) in [5.41, 5.74) is 6.56. The third-order valence-electron chi connectivity index (χ3n) is 3.04. The number of nitrogens with one attached hydrogen (secondary N) is 2. The summed E-state index contributed by atoms with van der Waals surface area (Å²) < 4.78 is 0. The number of hydrogen-bond acceptors (Lipinski definition) is 5. The first-order valence-corrected chi connectivity index (χ1v) is 7.02. The van der Waals surface area contributed by atoms with Crippen molar-refractivity contribution in [1.29, 1.82) is 0 Å². The first-order valence-electron chi connectivity index (χ1n) is 6.21. The van der Waals surface area contributed by atoms with Crippen molar-refractivity contribution in [3.63, 3.8) is 0 Å². The van der Waals surface area contributed by atoms with Crippen LogP contribution in [0.1, 0.15) is 27.0 Å². The summed E-state index contributed by atoms with van der Waals surface area (Å²) in [6.45, 7) is 1.50. The molecule has 1 aromatic carbocycles. The Hall–Kier alpha value is -2.67. The van der Waals surface area contributed by atoms with E-state index in [0.717, 1.165) is 4.83 Å². The molecule has 0 saturated heterocycles. The van der Waals surface area contributed by atoms with Gasteiger partial charge in [-0.25, -0.2) is 0 Å². The number of nitrogens with two attached hydrogens (primary N) is 1. The lowest BCUT2D eigenvalue weighted by atomic mass is 10.1. The van der Waals surface area contributed by atoms with E-state index in [4.69, 9.17) is 5.73 Å². The van der Waals surface area contributed by atoms with Gasteiger partial charge in [0.2, 0.25) is 0 Å². The largest absolute Gasteiger partial charge is 0.398 e.